The van der Waals surface area contributed by atoms with Crippen LogP contribution in [-0.4, -0.2) is 8.42 Å². The topological polar surface area (TPSA) is 72.2 Å². The molecule has 106 valence electrons. The third-order valence-corrected chi connectivity index (χ3v) is 3.55. The molecule has 2 aromatic rings. The Labute approximate surface area is 115 Å². The van der Waals surface area contributed by atoms with E-state index < -0.39 is 21.7 Å². The zero-order valence-corrected chi connectivity index (χ0v) is 11.1. The van der Waals surface area contributed by atoms with Crippen molar-refractivity contribution in [3.05, 3.63) is 59.7 Å². The number of nitrogens with one attached hydrogen (secondary N) is 1. The van der Waals surface area contributed by atoms with Crippen molar-refractivity contribution in [1.82, 2.24) is 0 Å². The molecule has 4 nitrogen and oxygen atoms in total. The highest BCUT2D eigenvalue weighted by Crippen LogP contribution is 2.16. The maximum Gasteiger partial charge on any atom is 0.238 e. The van der Waals surface area contributed by atoms with Crippen molar-refractivity contribution in [2.24, 2.45) is 5.14 Å². The van der Waals surface area contributed by atoms with Crippen LogP contribution in [0.1, 0.15) is 5.56 Å². The molecule has 0 unspecified atom stereocenters. The molecule has 3 N–H and O–H groups in total. The van der Waals surface area contributed by atoms with Gasteiger partial charge in [-0.15, -0.1) is 0 Å². The minimum absolute atomic E-state index is 0.0206. The van der Waals surface area contributed by atoms with Crippen LogP contribution in [0.4, 0.5) is 14.5 Å². The van der Waals surface area contributed by atoms with Crippen molar-refractivity contribution < 1.29 is 17.2 Å². The molecule has 0 atom stereocenters. The molecule has 0 aromatic heterocycles. The molecule has 0 radical (unpaired) electrons. The summed E-state index contributed by atoms with van der Waals surface area (Å²) in [4.78, 5) is -0.0206. The molecule has 0 amide bonds. The van der Waals surface area contributed by atoms with E-state index in [1.54, 1.807) is 6.07 Å². The molecule has 2 aromatic carbocycles. The van der Waals surface area contributed by atoms with Gasteiger partial charge in [0.2, 0.25) is 10.0 Å². The monoisotopic (exact) mass is 298 g/mol. The summed E-state index contributed by atoms with van der Waals surface area (Å²) in [7, 11) is -3.77. The van der Waals surface area contributed by atoms with E-state index in [1.165, 1.54) is 24.3 Å². The van der Waals surface area contributed by atoms with Crippen LogP contribution < -0.4 is 10.5 Å². The summed E-state index contributed by atoms with van der Waals surface area (Å²) in [6.07, 6.45) is 0. The molecule has 20 heavy (non-hydrogen) atoms. The number of hydrogen-bond donors (Lipinski definition) is 2. The number of nitrogens with two attached hydrogens (primary N) is 1. The van der Waals surface area contributed by atoms with Gasteiger partial charge < -0.3 is 5.32 Å². The fourth-order valence-corrected chi connectivity index (χ4v) is 2.20. The van der Waals surface area contributed by atoms with Gasteiger partial charge in [-0.25, -0.2) is 22.3 Å². The number of benzene rings is 2. The second-order valence-electron chi connectivity index (χ2n) is 4.17. The smallest absolute Gasteiger partial charge is 0.238 e. The Hall–Kier alpha value is -1.99. The summed E-state index contributed by atoms with van der Waals surface area (Å²) in [5, 5.41) is 7.93. The molecule has 0 spiro atoms. The number of primary sulfonamides is 1. The first-order valence-corrected chi connectivity index (χ1v) is 7.21. The summed E-state index contributed by atoms with van der Waals surface area (Å²) in [6.45, 7) is 0.227. The highest BCUT2D eigenvalue weighted by Gasteiger charge is 2.08. The molecule has 7 heteroatoms. The highest BCUT2D eigenvalue weighted by atomic mass is 32.2. The van der Waals surface area contributed by atoms with Gasteiger partial charge >= 0.3 is 0 Å². The Morgan fingerprint density at radius 2 is 1.80 bits per heavy atom. The first-order valence-electron chi connectivity index (χ1n) is 5.67. The second-order valence-corrected chi connectivity index (χ2v) is 5.74. The van der Waals surface area contributed by atoms with E-state index in [9.17, 15) is 17.2 Å². The number of hydrogen-bond acceptors (Lipinski definition) is 3. The van der Waals surface area contributed by atoms with E-state index in [2.05, 4.69) is 5.32 Å². The zero-order valence-electron chi connectivity index (χ0n) is 10.3. The Morgan fingerprint density at radius 1 is 1.05 bits per heavy atom. The molecule has 0 bridgehead atoms. The average molecular weight is 298 g/mol. The maximum absolute atomic E-state index is 13.0. The average Bonchev–Trinajstić information content (AvgIpc) is 2.39. The normalized spacial score (nSPS) is 11.3. The van der Waals surface area contributed by atoms with Gasteiger partial charge in [0, 0.05) is 12.2 Å². The van der Waals surface area contributed by atoms with E-state index in [4.69, 9.17) is 5.14 Å². The standard InChI is InChI=1S/C13H12F2N2O2S/c14-12-5-4-9(6-13(12)15)8-17-10-2-1-3-11(7-10)20(16,18)19/h1-7,17H,8H2,(H2,16,18,19). The van der Waals surface area contributed by atoms with Crippen LogP contribution in [0, 0.1) is 11.6 Å². The lowest BCUT2D eigenvalue weighted by Gasteiger charge is -2.08. The summed E-state index contributed by atoms with van der Waals surface area (Å²) < 4.78 is 48.2. The summed E-state index contributed by atoms with van der Waals surface area (Å²) >= 11 is 0. The Kier molecular flexibility index (Phi) is 4.01. The molecule has 0 aliphatic carbocycles. The van der Waals surface area contributed by atoms with Gasteiger partial charge in [-0.1, -0.05) is 12.1 Å². The highest BCUT2D eigenvalue weighted by molar-refractivity contribution is 7.89. The molecule has 0 aliphatic rings. The lowest BCUT2D eigenvalue weighted by molar-refractivity contribution is 0.507. The SMILES string of the molecule is NS(=O)(=O)c1cccc(NCc2ccc(F)c(F)c2)c1. The van der Waals surface area contributed by atoms with Gasteiger partial charge in [-0.3, -0.25) is 0 Å². The second kappa shape index (κ2) is 5.56. The molecule has 0 heterocycles. The van der Waals surface area contributed by atoms with Crippen LogP contribution in [0.15, 0.2) is 47.4 Å². The van der Waals surface area contributed by atoms with Crippen LogP contribution in [0.3, 0.4) is 0 Å². The first-order chi connectivity index (χ1) is 9.36. The van der Waals surface area contributed by atoms with Crippen molar-refractivity contribution in [2.75, 3.05) is 5.32 Å². The number of anilines is 1. The van der Waals surface area contributed by atoms with Crippen LogP contribution in [0.25, 0.3) is 0 Å². The van der Waals surface area contributed by atoms with Crippen molar-refractivity contribution in [1.29, 1.82) is 0 Å². The molecule has 2 rings (SSSR count). The fraction of sp³-hybridized carbons (Fsp3) is 0.0769. The molecule has 0 aliphatic heterocycles. The summed E-state index contributed by atoms with van der Waals surface area (Å²) in [5.74, 6) is -1.84. The molecule has 0 saturated heterocycles. The fourth-order valence-electron chi connectivity index (χ4n) is 1.64. The molecule has 0 saturated carbocycles. The van der Waals surface area contributed by atoms with E-state index in [0.717, 1.165) is 12.1 Å². The van der Waals surface area contributed by atoms with Crippen LogP contribution in [0.5, 0.6) is 0 Å². The van der Waals surface area contributed by atoms with Crippen LogP contribution in [0.2, 0.25) is 0 Å². The lowest BCUT2D eigenvalue weighted by Crippen LogP contribution is -2.12. The van der Waals surface area contributed by atoms with E-state index in [-0.39, 0.29) is 11.4 Å². The Bertz CT molecular complexity index is 733. The van der Waals surface area contributed by atoms with Gasteiger partial charge in [0.1, 0.15) is 0 Å². The third-order valence-electron chi connectivity index (χ3n) is 2.64. The number of sulfonamides is 1. The molecule has 0 fully saturated rings. The van der Waals surface area contributed by atoms with Gasteiger partial charge in [-0.05, 0) is 35.9 Å². The van der Waals surface area contributed by atoms with E-state index in [0.29, 0.717) is 11.3 Å². The lowest BCUT2D eigenvalue weighted by atomic mass is 10.2. The third kappa shape index (κ3) is 3.52. The van der Waals surface area contributed by atoms with Gasteiger partial charge in [0.25, 0.3) is 0 Å². The number of rotatable bonds is 4. The minimum atomic E-state index is -3.77. The quantitative estimate of drug-likeness (QED) is 0.909. The Balaban J connectivity index is 2.13. The largest absolute Gasteiger partial charge is 0.381 e. The summed E-state index contributed by atoms with van der Waals surface area (Å²) in [5.41, 5.74) is 1.05. The van der Waals surface area contributed by atoms with Gasteiger partial charge in [0.15, 0.2) is 11.6 Å². The predicted molar refractivity (Wildman–Crippen MR) is 71.5 cm³/mol. The zero-order chi connectivity index (χ0) is 14.8. The molecular formula is C13H12F2N2O2S. The van der Waals surface area contributed by atoms with Crippen LogP contribution >= 0.6 is 0 Å². The summed E-state index contributed by atoms with van der Waals surface area (Å²) in [6, 6.07) is 9.48. The van der Waals surface area contributed by atoms with Crippen molar-refractivity contribution in [2.45, 2.75) is 11.4 Å². The van der Waals surface area contributed by atoms with E-state index in [1.807, 2.05) is 0 Å². The van der Waals surface area contributed by atoms with Crippen LogP contribution in [-0.2, 0) is 16.6 Å². The van der Waals surface area contributed by atoms with Crippen molar-refractivity contribution >= 4 is 15.7 Å². The van der Waals surface area contributed by atoms with Crippen molar-refractivity contribution in [3.8, 4) is 0 Å². The minimum Gasteiger partial charge on any atom is -0.381 e. The first kappa shape index (κ1) is 14.4. The number of halogens is 2. The predicted octanol–water partition coefficient (Wildman–Crippen LogP) is 2.22. The van der Waals surface area contributed by atoms with E-state index >= 15 is 0 Å². The van der Waals surface area contributed by atoms with Gasteiger partial charge in [0.05, 0.1) is 4.90 Å². The van der Waals surface area contributed by atoms with Gasteiger partial charge in [-0.2, -0.15) is 0 Å². The maximum atomic E-state index is 13.0. The van der Waals surface area contributed by atoms with Crippen molar-refractivity contribution in [3.63, 3.8) is 0 Å². The molecular weight excluding hydrogens is 286 g/mol. The Morgan fingerprint density at radius 3 is 2.45 bits per heavy atom.